The molecule has 1 saturated heterocycles. The minimum Gasteiger partial charge on any atom is -0.453 e. The van der Waals surface area contributed by atoms with Gasteiger partial charge in [-0.2, -0.15) is 0 Å². The first-order chi connectivity index (χ1) is 19.2. The molecule has 1 atom stereocenters. The van der Waals surface area contributed by atoms with Crippen LogP contribution in [0.3, 0.4) is 0 Å². The van der Waals surface area contributed by atoms with Gasteiger partial charge in [0.25, 0.3) is 11.8 Å². The predicted octanol–water partition coefficient (Wildman–Crippen LogP) is 3.71. The van der Waals surface area contributed by atoms with Gasteiger partial charge in [0.1, 0.15) is 5.82 Å². The molecule has 0 radical (unpaired) electrons. The van der Waals surface area contributed by atoms with E-state index in [0.29, 0.717) is 48.4 Å². The molecule has 3 aromatic carbocycles. The first-order valence-electron chi connectivity index (χ1n) is 12.6. The quantitative estimate of drug-likeness (QED) is 0.475. The largest absolute Gasteiger partial charge is 0.453 e. The van der Waals surface area contributed by atoms with Crippen molar-refractivity contribution in [2.24, 2.45) is 10.7 Å². The SMILES string of the molecule is COC(=O)N1CCN(C(=O)c2cccc(CN3C(=O)C(c4ccc(F)cc4)(c4cccc(Br)c4)N=C3N)c2)CC1. The zero-order valence-electron chi connectivity index (χ0n) is 21.7. The first kappa shape index (κ1) is 27.3. The van der Waals surface area contributed by atoms with Crippen LogP contribution in [0.5, 0.6) is 0 Å². The number of halogens is 2. The summed E-state index contributed by atoms with van der Waals surface area (Å²) in [5.74, 6) is -0.966. The van der Waals surface area contributed by atoms with Crippen LogP contribution in [0.4, 0.5) is 9.18 Å². The second kappa shape index (κ2) is 11.1. The third-order valence-electron chi connectivity index (χ3n) is 7.13. The van der Waals surface area contributed by atoms with E-state index < -0.39 is 17.4 Å². The summed E-state index contributed by atoms with van der Waals surface area (Å²) in [6, 6.07) is 19.9. The van der Waals surface area contributed by atoms with Crippen LogP contribution in [-0.4, -0.2) is 71.9 Å². The number of rotatable bonds is 5. The van der Waals surface area contributed by atoms with Gasteiger partial charge in [-0.3, -0.25) is 14.5 Å². The second-order valence-corrected chi connectivity index (χ2v) is 10.5. The Morgan fingerprint density at radius 1 is 0.975 bits per heavy atom. The third-order valence-corrected chi connectivity index (χ3v) is 7.63. The smallest absolute Gasteiger partial charge is 0.409 e. The van der Waals surface area contributed by atoms with Crippen molar-refractivity contribution >= 4 is 39.8 Å². The number of hydrogen-bond donors (Lipinski definition) is 1. The molecule has 40 heavy (non-hydrogen) atoms. The Bertz CT molecular complexity index is 1490. The Balaban J connectivity index is 1.40. The topological polar surface area (TPSA) is 109 Å². The van der Waals surface area contributed by atoms with Gasteiger partial charge in [0.2, 0.25) is 0 Å². The Labute approximate surface area is 239 Å². The number of piperazine rings is 1. The second-order valence-electron chi connectivity index (χ2n) is 9.54. The number of benzene rings is 3. The van der Waals surface area contributed by atoms with E-state index in [9.17, 15) is 18.8 Å². The monoisotopic (exact) mass is 607 g/mol. The van der Waals surface area contributed by atoms with E-state index in [4.69, 9.17) is 10.5 Å². The third kappa shape index (κ3) is 5.04. The zero-order valence-corrected chi connectivity index (χ0v) is 23.3. The molecule has 5 rings (SSSR count). The van der Waals surface area contributed by atoms with Gasteiger partial charge in [0.05, 0.1) is 13.7 Å². The van der Waals surface area contributed by atoms with Crippen molar-refractivity contribution in [3.63, 3.8) is 0 Å². The van der Waals surface area contributed by atoms with Crippen molar-refractivity contribution in [1.29, 1.82) is 0 Å². The maximum Gasteiger partial charge on any atom is 0.409 e. The van der Waals surface area contributed by atoms with Crippen LogP contribution < -0.4 is 5.73 Å². The van der Waals surface area contributed by atoms with Gasteiger partial charge in [-0.05, 0) is 53.1 Å². The molecule has 2 aliphatic rings. The molecule has 206 valence electrons. The molecule has 2 N–H and O–H groups in total. The Morgan fingerprint density at radius 3 is 2.33 bits per heavy atom. The highest BCUT2D eigenvalue weighted by molar-refractivity contribution is 9.10. The Hall–Kier alpha value is -4.25. The Kier molecular flexibility index (Phi) is 7.57. The van der Waals surface area contributed by atoms with Crippen molar-refractivity contribution in [3.05, 3.63) is 105 Å². The van der Waals surface area contributed by atoms with Gasteiger partial charge in [-0.25, -0.2) is 14.2 Å². The van der Waals surface area contributed by atoms with E-state index in [1.165, 1.54) is 36.3 Å². The molecule has 2 aliphatic heterocycles. The van der Waals surface area contributed by atoms with Crippen LogP contribution >= 0.6 is 15.9 Å². The average molecular weight is 608 g/mol. The minimum atomic E-state index is -1.49. The number of amides is 3. The summed E-state index contributed by atoms with van der Waals surface area (Å²) >= 11 is 3.46. The van der Waals surface area contributed by atoms with Gasteiger partial charge in [-0.1, -0.05) is 52.3 Å². The van der Waals surface area contributed by atoms with E-state index >= 15 is 0 Å². The Morgan fingerprint density at radius 2 is 1.65 bits per heavy atom. The fourth-order valence-electron chi connectivity index (χ4n) is 5.07. The highest BCUT2D eigenvalue weighted by Crippen LogP contribution is 2.41. The van der Waals surface area contributed by atoms with E-state index in [1.807, 2.05) is 12.1 Å². The van der Waals surface area contributed by atoms with E-state index in [2.05, 4.69) is 20.9 Å². The van der Waals surface area contributed by atoms with Crippen LogP contribution in [0.25, 0.3) is 0 Å². The summed E-state index contributed by atoms with van der Waals surface area (Å²) in [6.07, 6.45) is -0.414. The summed E-state index contributed by atoms with van der Waals surface area (Å²) in [4.78, 5) is 48.4. The number of ether oxygens (including phenoxy) is 1. The number of carbonyl (C=O) groups excluding carboxylic acids is 3. The van der Waals surface area contributed by atoms with Crippen LogP contribution in [0.15, 0.2) is 82.3 Å². The lowest BCUT2D eigenvalue weighted by Gasteiger charge is -2.34. The van der Waals surface area contributed by atoms with E-state index in [1.54, 1.807) is 46.2 Å². The molecule has 0 bridgehead atoms. The molecule has 3 aromatic rings. The molecule has 0 aromatic heterocycles. The number of carbonyl (C=O) groups is 3. The van der Waals surface area contributed by atoms with Gasteiger partial charge < -0.3 is 20.3 Å². The summed E-state index contributed by atoms with van der Waals surface area (Å²) in [7, 11) is 1.33. The lowest BCUT2D eigenvalue weighted by atomic mass is 9.83. The summed E-state index contributed by atoms with van der Waals surface area (Å²) in [6.45, 7) is 1.62. The molecule has 0 aliphatic carbocycles. The van der Waals surface area contributed by atoms with Gasteiger partial charge >= 0.3 is 6.09 Å². The number of methoxy groups -OCH3 is 1. The fourth-order valence-corrected chi connectivity index (χ4v) is 5.47. The number of nitrogens with zero attached hydrogens (tertiary/aromatic N) is 4. The molecule has 0 spiro atoms. The highest BCUT2D eigenvalue weighted by atomic mass is 79.9. The molecule has 1 unspecified atom stereocenters. The highest BCUT2D eigenvalue weighted by Gasteiger charge is 2.50. The molecular weight excluding hydrogens is 581 g/mol. The van der Waals surface area contributed by atoms with Crippen LogP contribution in [-0.2, 0) is 21.6 Å². The molecule has 0 saturated carbocycles. The number of aliphatic imine (C=N–C) groups is 1. The van der Waals surface area contributed by atoms with Crippen molar-refractivity contribution in [1.82, 2.24) is 14.7 Å². The zero-order chi connectivity index (χ0) is 28.4. The number of guanidine groups is 1. The molecular formula is C29H27BrFN5O4. The molecule has 1 fully saturated rings. The molecule has 3 amide bonds. The lowest BCUT2D eigenvalue weighted by molar-refractivity contribution is -0.130. The molecule has 2 heterocycles. The lowest BCUT2D eigenvalue weighted by Crippen LogP contribution is -2.50. The van der Waals surface area contributed by atoms with Gasteiger partial charge in [0.15, 0.2) is 11.5 Å². The van der Waals surface area contributed by atoms with Crippen molar-refractivity contribution in [2.75, 3.05) is 33.3 Å². The molecule has 11 heteroatoms. The normalized spacial score (nSPS) is 19.0. The number of hydrogen-bond acceptors (Lipinski definition) is 6. The van der Waals surface area contributed by atoms with Crippen molar-refractivity contribution in [2.45, 2.75) is 12.1 Å². The van der Waals surface area contributed by atoms with Gasteiger partial charge in [0, 0.05) is 36.2 Å². The fraction of sp³-hybridized carbons (Fsp3) is 0.241. The maximum atomic E-state index is 14.1. The van der Waals surface area contributed by atoms with Crippen LogP contribution in [0, 0.1) is 5.82 Å². The van der Waals surface area contributed by atoms with Crippen LogP contribution in [0.1, 0.15) is 27.0 Å². The van der Waals surface area contributed by atoms with Crippen molar-refractivity contribution < 1.29 is 23.5 Å². The first-order valence-corrected chi connectivity index (χ1v) is 13.4. The van der Waals surface area contributed by atoms with Crippen molar-refractivity contribution in [3.8, 4) is 0 Å². The van der Waals surface area contributed by atoms with E-state index in [-0.39, 0.29) is 24.3 Å². The number of nitrogens with two attached hydrogens (primary N) is 1. The standard InChI is InChI=1S/C29H27BrFN5O4/c1-40-28(39)35-14-12-34(13-15-35)25(37)20-5-2-4-19(16-20)18-36-26(38)29(33-27(36)32,21-8-10-24(31)11-9-21)22-6-3-7-23(30)17-22/h2-11,16-17H,12-15,18H2,1H3,(H2,32,33). The maximum absolute atomic E-state index is 14.1. The van der Waals surface area contributed by atoms with Gasteiger partial charge in [-0.15, -0.1) is 0 Å². The average Bonchev–Trinajstić information content (AvgIpc) is 3.22. The molecule has 9 nitrogen and oxygen atoms in total. The minimum absolute atomic E-state index is 0.0185. The van der Waals surface area contributed by atoms with Crippen LogP contribution in [0.2, 0.25) is 0 Å². The summed E-state index contributed by atoms with van der Waals surface area (Å²) < 4.78 is 19.3. The predicted molar refractivity (Wildman–Crippen MR) is 150 cm³/mol. The summed E-state index contributed by atoms with van der Waals surface area (Å²) in [5.41, 5.74) is 7.08. The van der Waals surface area contributed by atoms with E-state index in [0.717, 1.165) is 4.47 Å². The summed E-state index contributed by atoms with van der Waals surface area (Å²) in [5, 5.41) is 0.